The van der Waals surface area contributed by atoms with Crippen molar-refractivity contribution in [2.45, 2.75) is 6.61 Å². The zero-order chi connectivity index (χ0) is 14.1. The van der Waals surface area contributed by atoms with Gasteiger partial charge in [-0.1, -0.05) is 23.2 Å². The van der Waals surface area contributed by atoms with E-state index in [1.165, 1.54) is 0 Å². The molecule has 0 bridgehead atoms. The van der Waals surface area contributed by atoms with Crippen molar-refractivity contribution < 1.29 is 4.74 Å². The number of rotatable bonds is 3. The van der Waals surface area contributed by atoms with Gasteiger partial charge < -0.3 is 15.5 Å². The molecule has 0 spiro atoms. The Kier molecular flexibility index (Phi) is 3.42. The lowest BCUT2D eigenvalue weighted by Gasteiger charge is -2.03. The summed E-state index contributed by atoms with van der Waals surface area (Å²) in [6.45, 7) is 0.327. The van der Waals surface area contributed by atoms with Crippen molar-refractivity contribution in [3.05, 3.63) is 52.3 Å². The molecule has 0 amide bonds. The third-order valence-electron chi connectivity index (χ3n) is 2.83. The normalized spacial score (nSPS) is 10.9. The summed E-state index contributed by atoms with van der Waals surface area (Å²) in [6, 6.07) is 10.7. The molecule has 102 valence electrons. The minimum Gasteiger partial charge on any atom is -0.486 e. The topological polar surface area (TPSA) is 63.9 Å². The first-order chi connectivity index (χ1) is 9.61. The second-order valence-corrected chi connectivity index (χ2v) is 5.14. The van der Waals surface area contributed by atoms with Crippen molar-refractivity contribution in [1.82, 2.24) is 9.97 Å². The summed E-state index contributed by atoms with van der Waals surface area (Å²) in [4.78, 5) is 7.54. The molecule has 6 heteroatoms. The second-order valence-electron chi connectivity index (χ2n) is 4.32. The molecule has 1 heterocycles. The molecule has 0 saturated carbocycles. The molecular formula is C14H11Cl2N3O. The Morgan fingerprint density at radius 1 is 1.10 bits per heavy atom. The van der Waals surface area contributed by atoms with Gasteiger partial charge in [-0.3, -0.25) is 0 Å². The standard InChI is InChI=1S/C14H11Cl2N3O/c15-10-5-12-13(6-11(10)16)19-14(18-12)7-20-9-3-1-8(17)2-4-9/h1-6H,7,17H2,(H,18,19). The lowest BCUT2D eigenvalue weighted by molar-refractivity contribution is 0.297. The Labute approximate surface area is 125 Å². The van der Waals surface area contributed by atoms with Crippen LogP contribution in [-0.4, -0.2) is 9.97 Å². The molecule has 20 heavy (non-hydrogen) atoms. The number of aromatic nitrogens is 2. The molecular weight excluding hydrogens is 297 g/mol. The Bertz CT molecular complexity index is 714. The number of nitrogens with zero attached hydrogens (tertiary/aromatic N) is 1. The molecule has 0 radical (unpaired) electrons. The first-order valence-electron chi connectivity index (χ1n) is 5.94. The van der Waals surface area contributed by atoms with Gasteiger partial charge in [-0.2, -0.15) is 0 Å². The fraction of sp³-hybridized carbons (Fsp3) is 0.0714. The maximum atomic E-state index is 5.96. The van der Waals surface area contributed by atoms with Crippen LogP contribution >= 0.6 is 23.2 Å². The van der Waals surface area contributed by atoms with Crippen LogP contribution in [0.15, 0.2) is 36.4 Å². The van der Waals surface area contributed by atoms with Crippen LogP contribution in [0.25, 0.3) is 11.0 Å². The maximum Gasteiger partial charge on any atom is 0.146 e. The number of imidazole rings is 1. The van der Waals surface area contributed by atoms with E-state index >= 15 is 0 Å². The van der Waals surface area contributed by atoms with Gasteiger partial charge in [-0.15, -0.1) is 0 Å². The van der Waals surface area contributed by atoms with Crippen molar-refractivity contribution in [3.63, 3.8) is 0 Å². The zero-order valence-electron chi connectivity index (χ0n) is 10.4. The van der Waals surface area contributed by atoms with E-state index in [0.717, 1.165) is 16.8 Å². The van der Waals surface area contributed by atoms with Crippen LogP contribution in [0.1, 0.15) is 5.82 Å². The third-order valence-corrected chi connectivity index (χ3v) is 3.55. The predicted octanol–water partition coefficient (Wildman–Crippen LogP) is 4.03. The molecule has 0 fully saturated rings. The highest BCUT2D eigenvalue weighted by Gasteiger charge is 2.07. The number of hydrogen-bond acceptors (Lipinski definition) is 3. The van der Waals surface area contributed by atoms with E-state index < -0.39 is 0 Å². The van der Waals surface area contributed by atoms with Gasteiger partial charge in [0.25, 0.3) is 0 Å². The molecule has 0 aliphatic carbocycles. The van der Waals surface area contributed by atoms with Crippen LogP contribution in [0.5, 0.6) is 5.75 Å². The molecule has 3 aromatic rings. The molecule has 1 aromatic heterocycles. The summed E-state index contributed by atoms with van der Waals surface area (Å²) in [7, 11) is 0. The molecule has 0 unspecified atom stereocenters. The largest absolute Gasteiger partial charge is 0.486 e. The number of anilines is 1. The molecule has 4 nitrogen and oxygen atoms in total. The van der Waals surface area contributed by atoms with Crippen molar-refractivity contribution in [2.75, 3.05) is 5.73 Å². The summed E-state index contributed by atoms with van der Waals surface area (Å²) in [5.74, 6) is 1.44. The Morgan fingerprint density at radius 2 is 1.80 bits per heavy atom. The molecule has 3 N–H and O–H groups in total. The van der Waals surface area contributed by atoms with E-state index in [1.54, 1.807) is 24.3 Å². The van der Waals surface area contributed by atoms with Gasteiger partial charge in [0.15, 0.2) is 0 Å². The summed E-state index contributed by atoms with van der Waals surface area (Å²) in [5.41, 5.74) is 7.90. The maximum absolute atomic E-state index is 5.96. The highest BCUT2D eigenvalue weighted by atomic mass is 35.5. The van der Waals surface area contributed by atoms with Crippen LogP contribution in [0.3, 0.4) is 0 Å². The molecule has 0 saturated heterocycles. The van der Waals surface area contributed by atoms with E-state index in [-0.39, 0.29) is 0 Å². The number of H-pyrrole nitrogens is 1. The van der Waals surface area contributed by atoms with Gasteiger partial charge in [0.1, 0.15) is 18.2 Å². The van der Waals surface area contributed by atoms with Gasteiger partial charge in [0.2, 0.25) is 0 Å². The fourth-order valence-electron chi connectivity index (χ4n) is 1.84. The number of nitrogens with two attached hydrogens (primary N) is 1. The van der Waals surface area contributed by atoms with Crippen molar-refractivity contribution in [3.8, 4) is 5.75 Å². The van der Waals surface area contributed by atoms with Crippen LogP contribution in [0.2, 0.25) is 10.0 Å². The van der Waals surface area contributed by atoms with E-state index in [2.05, 4.69) is 9.97 Å². The van der Waals surface area contributed by atoms with Gasteiger partial charge in [-0.05, 0) is 36.4 Å². The molecule has 0 atom stereocenters. The van der Waals surface area contributed by atoms with E-state index in [4.69, 9.17) is 33.7 Å². The first kappa shape index (κ1) is 13.1. The Hall–Kier alpha value is -1.91. The average molecular weight is 308 g/mol. The van der Waals surface area contributed by atoms with Crippen LogP contribution < -0.4 is 10.5 Å². The SMILES string of the molecule is Nc1ccc(OCc2nc3cc(Cl)c(Cl)cc3[nH]2)cc1. The molecule has 0 aliphatic heterocycles. The smallest absolute Gasteiger partial charge is 0.146 e. The predicted molar refractivity (Wildman–Crippen MR) is 81.3 cm³/mol. The van der Waals surface area contributed by atoms with Gasteiger partial charge in [0.05, 0.1) is 21.1 Å². The summed E-state index contributed by atoms with van der Waals surface area (Å²) >= 11 is 11.9. The number of benzene rings is 2. The Balaban J connectivity index is 1.79. The van der Waals surface area contributed by atoms with Gasteiger partial charge >= 0.3 is 0 Å². The van der Waals surface area contributed by atoms with Gasteiger partial charge in [0, 0.05) is 5.69 Å². The third kappa shape index (κ3) is 2.66. The molecule has 2 aromatic carbocycles. The summed E-state index contributed by atoms with van der Waals surface area (Å²) < 4.78 is 5.62. The van der Waals surface area contributed by atoms with Gasteiger partial charge in [-0.25, -0.2) is 4.98 Å². The first-order valence-corrected chi connectivity index (χ1v) is 6.69. The van der Waals surface area contributed by atoms with E-state index in [1.807, 2.05) is 12.1 Å². The quantitative estimate of drug-likeness (QED) is 0.718. The van der Waals surface area contributed by atoms with Crippen molar-refractivity contribution in [2.24, 2.45) is 0 Å². The fourth-order valence-corrected chi connectivity index (χ4v) is 2.16. The van der Waals surface area contributed by atoms with Crippen molar-refractivity contribution >= 4 is 39.9 Å². The van der Waals surface area contributed by atoms with E-state index in [0.29, 0.717) is 28.2 Å². The average Bonchev–Trinajstić information content (AvgIpc) is 2.80. The number of nitrogens with one attached hydrogen (secondary N) is 1. The van der Waals surface area contributed by atoms with Crippen molar-refractivity contribution in [1.29, 1.82) is 0 Å². The van der Waals surface area contributed by atoms with Crippen LogP contribution in [0.4, 0.5) is 5.69 Å². The van der Waals surface area contributed by atoms with E-state index in [9.17, 15) is 0 Å². The molecule has 3 rings (SSSR count). The second kappa shape index (κ2) is 5.23. The lowest BCUT2D eigenvalue weighted by Crippen LogP contribution is -1.97. The number of halogens is 2. The minimum atomic E-state index is 0.327. The highest BCUT2D eigenvalue weighted by Crippen LogP contribution is 2.26. The number of aromatic amines is 1. The summed E-state index contributed by atoms with van der Waals surface area (Å²) in [6.07, 6.45) is 0. The highest BCUT2D eigenvalue weighted by molar-refractivity contribution is 6.42. The van der Waals surface area contributed by atoms with Crippen LogP contribution in [-0.2, 0) is 6.61 Å². The monoisotopic (exact) mass is 307 g/mol. The lowest BCUT2D eigenvalue weighted by atomic mass is 10.3. The zero-order valence-corrected chi connectivity index (χ0v) is 11.9. The summed E-state index contributed by atoms with van der Waals surface area (Å²) in [5, 5.41) is 0.977. The Morgan fingerprint density at radius 3 is 2.55 bits per heavy atom. The number of ether oxygens (including phenoxy) is 1. The number of fused-ring (bicyclic) bond motifs is 1. The molecule has 0 aliphatic rings. The minimum absolute atomic E-state index is 0.327. The number of hydrogen-bond donors (Lipinski definition) is 2. The number of nitrogen functional groups attached to an aromatic ring is 1. The van der Waals surface area contributed by atoms with Crippen LogP contribution in [0, 0.1) is 0 Å².